The van der Waals surface area contributed by atoms with E-state index in [1.54, 1.807) is 0 Å². The minimum atomic E-state index is -2.09. The number of hydrogen-bond donors (Lipinski definition) is 1. The Balaban J connectivity index is 4.43. The molecule has 0 aromatic rings. The summed E-state index contributed by atoms with van der Waals surface area (Å²) in [7, 11) is -2.09. The van der Waals surface area contributed by atoms with E-state index >= 15 is 0 Å². The zero-order chi connectivity index (χ0) is 34.4. The fraction of sp³-hybridized carbons (Fsp3) is 0.929. The van der Waals surface area contributed by atoms with Crippen molar-refractivity contribution >= 4 is 14.1 Å². The highest BCUT2D eigenvalue weighted by atomic mass is 28.4. The summed E-state index contributed by atoms with van der Waals surface area (Å²) in [5.41, 5.74) is 0. The number of aliphatic hydroxyl groups is 1. The van der Waals surface area contributed by atoms with E-state index in [4.69, 9.17) is 4.43 Å². The predicted molar refractivity (Wildman–Crippen MR) is 207 cm³/mol. The summed E-state index contributed by atoms with van der Waals surface area (Å²) in [6, 6.07) is 0. The van der Waals surface area contributed by atoms with Crippen molar-refractivity contribution in [1.29, 1.82) is 0 Å². The molecule has 0 radical (unpaired) electrons. The maximum atomic E-state index is 13.4. The van der Waals surface area contributed by atoms with Gasteiger partial charge in [0.25, 0.3) is 0 Å². The standard InChI is InChI=1S/C42H84O3Si/c1-8-10-12-14-16-18-20-22-23-25-26-28-30-32-34-36-40(44)39(38-43)41(45-46(6,7)42(3,4)5)37-35-33-31-29-27-24-21-19-17-15-13-11-9-2/h35,37,39,41,43H,8-34,36,38H2,1-7H3/b37-35+/t39-,41+/m0/s1. The fourth-order valence-corrected chi connectivity index (χ4v) is 7.45. The van der Waals surface area contributed by atoms with Gasteiger partial charge in [-0.3, -0.25) is 4.79 Å². The molecule has 0 spiro atoms. The number of rotatable bonds is 34. The molecular weight excluding hydrogens is 581 g/mol. The van der Waals surface area contributed by atoms with E-state index in [9.17, 15) is 9.90 Å². The molecule has 0 aliphatic heterocycles. The number of carbonyl (C=O) groups is 1. The van der Waals surface area contributed by atoms with E-state index in [0.717, 1.165) is 19.3 Å². The zero-order valence-electron chi connectivity index (χ0n) is 32.6. The van der Waals surface area contributed by atoms with E-state index in [1.165, 1.54) is 154 Å². The Morgan fingerprint density at radius 3 is 1.30 bits per heavy atom. The summed E-state index contributed by atoms with van der Waals surface area (Å²) in [4.78, 5) is 13.4. The van der Waals surface area contributed by atoms with Crippen molar-refractivity contribution in [3.8, 4) is 0 Å². The minimum absolute atomic E-state index is 0.0619. The Kier molecular flexibility index (Phi) is 30.3. The van der Waals surface area contributed by atoms with Crippen molar-refractivity contribution in [3.05, 3.63) is 12.2 Å². The van der Waals surface area contributed by atoms with E-state index in [1.807, 2.05) is 0 Å². The quantitative estimate of drug-likeness (QED) is 0.0423. The first-order valence-electron chi connectivity index (χ1n) is 20.6. The lowest BCUT2D eigenvalue weighted by molar-refractivity contribution is -0.126. The Morgan fingerprint density at radius 2 is 0.957 bits per heavy atom. The Morgan fingerprint density at radius 1 is 0.609 bits per heavy atom. The average molecular weight is 665 g/mol. The summed E-state index contributed by atoms with van der Waals surface area (Å²) in [6.07, 6.45) is 40.4. The van der Waals surface area contributed by atoms with Crippen LogP contribution < -0.4 is 0 Å². The number of unbranched alkanes of at least 4 members (excludes halogenated alkanes) is 25. The third-order valence-electron chi connectivity index (χ3n) is 10.6. The first-order valence-corrected chi connectivity index (χ1v) is 23.5. The first kappa shape index (κ1) is 45.5. The lowest BCUT2D eigenvalue weighted by Crippen LogP contribution is -2.47. The molecule has 2 atom stereocenters. The largest absolute Gasteiger partial charge is 0.410 e. The summed E-state index contributed by atoms with van der Waals surface area (Å²) in [6.45, 7) is 15.7. The molecule has 0 fully saturated rings. The maximum absolute atomic E-state index is 13.4. The lowest BCUT2D eigenvalue weighted by atomic mass is 9.93. The molecule has 0 unspecified atom stereocenters. The van der Waals surface area contributed by atoms with E-state index < -0.39 is 14.2 Å². The highest BCUT2D eigenvalue weighted by Crippen LogP contribution is 2.38. The van der Waals surface area contributed by atoms with Crippen LogP contribution in [0.3, 0.4) is 0 Å². The number of hydrogen-bond acceptors (Lipinski definition) is 3. The van der Waals surface area contributed by atoms with Crippen LogP contribution in [-0.4, -0.2) is 31.9 Å². The number of carbonyl (C=O) groups excluding carboxylic acids is 1. The molecule has 0 aliphatic carbocycles. The molecule has 0 aliphatic rings. The van der Waals surface area contributed by atoms with E-state index in [2.05, 4.69) is 59.9 Å². The van der Waals surface area contributed by atoms with Gasteiger partial charge in [0.15, 0.2) is 8.32 Å². The van der Waals surface area contributed by atoms with Crippen LogP contribution in [0.4, 0.5) is 0 Å². The second kappa shape index (κ2) is 30.6. The molecule has 3 nitrogen and oxygen atoms in total. The third-order valence-corrected chi connectivity index (χ3v) is 15.0. The number of ketones is 1. The molecule has 0 bridgehead atoms. The Labute approximate surface area is 291 Å². The van der Waals surface area contributed by atoms with Crippen molar-refractivity contribution in [2.45, 2.75) is 239 Å². The zero-order valence-corrected chi connectivity index (χ0v) is 33.6. The SMILES string of the molecule is CCCCCCCCCCCCC/C=C/[C@@H](O[Si](C)(C)C(C)(C)C)[C@@H](CO)C(=O)CCCCCCCCCCCCCCCCC. The monoisotopic (exact) mass is 665 g/mol. The van der Waals surface area contributed by atoms with Crippen LogP contribution in [0.2, 0.25) is 18.1 Å². The van der Waals surface area contributed by atoms with Crippen LogP contribution in [0.25, 0.3) is 0 Å². The molecule has 4 heteroatoms. The van der Waals surface area contributed by atoms with Crippen LogP contribution in [0.5, 0.6) is 0 Å². The van der Waals surface area contributed by atoms with E-state index in [-0.39, 0.29) is 23.5 Å². The van der Waals surface area contributed by atoms with Crippen molar-refractivity contribution < 1.29 is 14.3 Å². The molecule has 1 N–H and O–H groups in total. The summed E-state index contributed by atoms with van der Waals surface area (Å²) in [5.74, 6) is -0.269. The highest BCUT2D eigenvalue weighted by molar-refractivity contribution is 6.74. The summed E-state index contributed by atoms with van der Waals surface area (Å²) in [5, 5.41) is 10.4. The molecule has 46 heavy (non-hydrogen) atoms. The van der Waals surface area contributed by atoms with Gasteiger partial charge in [0, 0.05) is 6.42 Å². The topological polar surface area (TPSA) is 46.5 Å². The van der Waals surface area contributed by atoms with Crippen molar-refractivity contribution in [1.82, 2.24) is 0 Å². The molecule has 0 saturated carbocycles. The molecule has 0 heterocycles. The number of Topliss-reactive ketones (excluding diaryl/α,β-unsaturated/α-hetero) is 1. The van der Waals surface area contributed by atoms with Crippen LogP contribution in [0.15, 0.2) is 12.2 Å². The Bertz CT molecular complexity index is 695. The van der Waals surface area contributed by atoms with Crippen LogP contribution >= 0.6 is 0 Å². The first-order chi connectivity index (χ1) is 22.1. The second-order valence-electron chi connectivity index (χ2n) is 16.1. The smallest absolute Gasteiger partial charge is 0.192 e. The third kappa shape index (κ3) is 25.5. The number of aliphatic hydroxyl groups excluding tert-OH is 1. The van der Waals surface area contributed by atoms with Gasteiger partial charge in [0.1, 0.15) is 5.78 Å². The number of allylic oxidation sites excluding steroid dienone is 1. The molecule has 0 rings (SSSR count). The molecule has 0 saturated heterocycles. The average Bonchev–Trinajstić information content (AvgIpc) is 3.00. The molecule has 0 aromatic heterocycles. The van der Waals surface area contributed by atoms with Gasteiger partial charge in [-0.1, -0.05) is 201 Å². The summed E-state index contributed by atoms with van der Waals surface area (Å²) < 4.78 is 6.78. The van der Waals surface area contributed by atoms with Gasteiger partial charge >= 0.3 is 0 Å². The van der Waals surface area contributed by atoms with Gasteiger partial charge in [0.05, 0.1) is 18.6 Å². The molecule has 274 valence electrons. The minimum Gasteiger partial charge on any atom is -0.410 e. The highest BCUT2D eigenvalue weighted by Gasteiger charge is 2.41. The van der Waals surface area contributed by atoms with Gasteiger partial charge in [-0.15, -0.1) is 0 Å². The van der Waals surface area contributed by atoms with Crippen molar-refractivity contribution in [2.24, 2.45) is 5.92 Å². The van der Waals surface area contributed by atoms with Crippen molar-refractivity contribution in [3.63, 3.8) is 0 Å². The lowest BCUT2D eigenvalue weighted by Gasteiger charge is -2.40. The normalized spacial score (nSPS) is 13.9. The van der Waals surface area contributed by atoms with Crippen molar-refractivity contribution in [2.75, 3.05) is 6.61 Å². The van der Waals surface area contributed by atoms with Crippen LogP contribution in [-0.2, 0) is 9.22 Å². The second-order valence-corrected chi connectivity index (χ2v) is 20.8. The summed E-state index contributed by atoms with van der Waals surface area (Å²) >= 11 is 0. The van der Waals surface area contributed by atoms with Gasteiger partial charge in [-0.2, -0.15) is 0 Å². The predicted octanol–water partition coefficient (Wildman–Crippen LogP) is 14.1. The molecular formula is C42H84O3Si. The van der Waals surface area contributed by atoms with Gasteiger partial charge < -0.3 is 9.53 Å². The van der Waals surface area contributed by atoms with Crippen LogP contribution in [0.1, 0.15) is 214 Å². The van der Waals surface area contributed by atoms with Gasteiger partial charge in [-0.25, -0.2) is 0 Å². The molecule has 0 aromatic carbocycles. The van der Waals surface area contributed by atoms with Crippen LogP contribution in [0, 0.1) is 5.92 Å². The van der Waals surface area contributed by atoms with Gasteiger partial charge in [-0.05, 0) is 37.4 Å². The maximum Gasteiger partial charge on any atom is 0.192 e. The molecule has 0 amide bonds. The van der Waals surface area contributed by atoms with E-state index in [0.29, 0.717) is 6.42 Å². The van der Waals surface area contributed by atoms with Gasteiger partial charge in [0.2, 0.25) is 0 Å². The Hall–Kier alpha value is -0.453. The fourth-order valence-electron chi connectivity index (χ4n) is 6.17.